The smallest absolute Gasteiger partial charge is 0.238 e. The second-order valence-electron chi connectivity index (χ2n) is 5.51. The van der Waals surface area contributed by atoms with E-state index in [1.165, 1.54) is 0 Å². The van der Waals surface area contributed by atoms with Crippen molar-refractivity contribution < 1.29 is 14.3 Å². The molecule has 2 aromatic carbocycles. The fraction of sp³-hybridized carbons (Fsp3) is 0.316. The van der Waals surface area contributed by atoms with Gasteiger partial charge < -0.3 is 20.1 Å². The predicted molar refractivity (Wildman–Crippen MR) is 103 cm³/mol. The quantitative estimate of drug-likeness (QED) is 0.691. The second-order valence-corrected chi connectivity index (χ2v) is 6.42. The highest BCUT2D eigenvalue weighted by Gasteiger charge is 2.13. The zero-order valence-electron chi connectivity index (χ0n) is 14.6. The number of rotatable bonds is 8. The summed E-state index contributed by atoms with van der Waals surface area (Å²) in [5.41, 5.74) is 1.77. The SMILES string of the molecule is CC[C@@H](NCC(=O)Nc1ccc(OC)cc1OC)c1ccc(Br)cc1. The van der Waals surface area contributed by atoms with Gasteiger partial charge in [0.2, 0.25) is 5.91 Å². The summed E-state index contributed by atoms with van der Waals surface area (Å²) in [6.45, 7) is 2.30. The average molecular weight is 407 g/mol. The van der Waals surface area contributed by atoms with E-state index in [-0.39, 0.29) is 18.5 Å². The third kappa shape index (κ3) is 5.47. The molecule has 0 fully saturated rings. The highest BCUT2D eigenvalue weighted by molar-refractivity contribution is 9.10. The number of ether oxygens (including phenoxy) is 2. The fourth-order valence-corrected chi connectivity index (χ4v) is 2.77. The van der Waals surface area contributed by atoms with E-state index in [1.807, 2.05) is 12.1 Å². The number of amides is 1. The molecule has 0 saturated heterocycles. The maximum atomic E-state index is 12.3. The molecule has 2 N–H and O–H groups in total. The number of halogens is 1. The molecule has 0 spiro atoms. The number of carbonyl (C=O) groups excluding carboxylic acids is 1. The third-order valence-electron chi connectivity index (χ3n) is 3.87. The first-order valence-corrected chi connectivity index (χ1v) is 8.87. The number of carbonyl (C=O) groups is 1. The Labute approximate surface area is 156 Å². The van der Waals surface area contributed by atoms with Crippen molar-refractivity contribution in [1.29, 1.82) is 0 Å². The number of nitrogens with one attached hydrogen (secondary N) is 2. The number of methoxy groups -OCH3 is 2. The van der Waals surface area contributed by atoms with Crippen LogP contribution >= 0.6 is 15.9 Å². The van der Waals surface area contributed by atoms with Crippen LogP contribution in [0.15, 0.2) is 46.9 Å². The van der Waals surface area contributed by atoms with Crippen molar-refractivity contribution >= 4 is 27.5 Å². The van der Waals surface area contributed by atoms with Crippen molar-refractivity contribution in [3.8, 4) is 11.5 Å². The molecular weight excluding hydrogens is 384 g/mol. The molecule has 0 saturated carbocycles. The second kappa shape index (κ2) is 9.44. The molecule has 0 aliphatic heterocycles. The highest BCUT2D eigenvalue weighted by atomic mass is 79.9. The Hall–Kier alpha value is -2.05. The predicted octanol–water partition coefficient (Wildman–Crippen LogP) is 4.15. The van der Waals surface area contributed by atoms with Crippen LogP contribution in [0.2, 0.25) is 0 Å². The standard InChI is InChI=1S/C19H23BrN2O3/c1-4-16(13-5-7-14(20)8-6-13)21-12-19(23)22-17-10-9-15(24-2)11-18(17)25-3/h5-11,16,21H,4,12H2,1-3H3,(H,22,23)/t16-/m1/s1. The van der Waals surface area contributed by atoms with Crippen molar-refractivity contribution in [2.75, 3.05) is 26.1 Å². The molecule has 0 aliphatic rings. The number of anilines is 1. The van der Waals surface area contributed by atoms with Gasteiger partial charge in [-0.15, -0.1) is 0 Å². The monoisotopic (exact) mass is 406 g/mol. The zero-order valence-corrected chi connectivity index (χ0v) is 16.2. The Morgan fingerprint density at radius 1 is 1.12 bits per heavy atom. The molecule has 1 amide bonds. The molecule has 2 aromatic rings. The van der Waals surface area contributed by atoms with E-state index in [2.05, 4.69) is 45.6 Å². The van der Waals surface area contributed by atoms with Gasteiger partial charge in [0.25, 0.3) is 0 Å². The molecule has 0 aromatic heterocycles. The molecule has 0 radical (unpaired) electrons. The van der Waals surface area contributed by atoms with E-state index in [0.717, 1.165) is 16.5 Å². The molecule has 5 nitrogen and oxygen atoms in total. The van der Waals surface area contributed by atoms with Crippen LogP contribution < -0.4 is 20.1 Å². The Bertz CT molecular complexity index is 704. The minimum absolute atomic E-state index is 0.122. The van der Waals surface area contributed by atoms with E-state index < -0.39 is 0 Å². The maximum Gasteiger partial charge on any atom is 0.238 e. The molecule has 1 atom stereocenters. The summed E-state index contributed by atoms with van der Waals surface area (Å²) in [7, 11) is 3.15. The van der Waals surface area contributed by atoms with Gasteiger partial charge in [0.05, 0.1) is 26.5 Å². The summed E-state index contributed by atoms with van der Waals surface area (Å²) >= 11 is 3.43. The van der Waals surface area contributed by atoms with Gasteiger partial charge in [-0.2, -0.15) is 0 Å². The topological polar surface area (TPSA) is 59.6 Å². The van der Waals surface area contributed by atoms with Crippen LogP contribution in [-0.2, 0) is 4.79 Å². The first kappa shape index (κ1) is 19.3. The van der Waals surface area contributed by atoms with E-state index in [9.17, 15) is 4.79 Å². The summed E-state index contributed by atoms with van der Waals surface area (Å²) in [4.78, 5) is 12.3. The Kier molecular flexibility index (Phi) is 7.28. The zero-order chi connectivity index (χ0) is 18.2. The molecule has 134 valence electrons. The van der Waals surface area contributed by atoms with E-state index in [4.69, 9.17) is 9.47 Å². The number of hydrogen-bond acceptors (Lipinski definition) is 4. The van der Waals surface area contributed by atoms with Gasteiger partial charge in [-0.25, -0.2) is 0 Å². The largest absolute Gasteiger partial charge is 0.497 e. The van der Waals surface area contributed by atoms with Gasteiger partial charge in [0.1, 0.15) is 11.5 Å². The normalized spacial score (nSPS) is 11.7. The minimum Gasteiger partial charge on any atom is -0.497 e. The van der Waals surface area contributed by atoms with Crippen LogP contribution in [0.5, 0.6) is 11.5 Å². The molecular formula is C19H23BrN2O3. The van der Waals surface area contributed by atoms with Crippen LogP contribution in [0, 0.1) is 0 Å². The first-order valence-electron chi connectivity index (χ1n) is 8.08. The Morgan fingerprint density at radius 2 is 1.84 bits per heavy atom. The molecule has 0 heterocycles. The van der Waals surface area contributed by atoms with Crippen molar-refractivity contribution in [3.63, 3.8) is 0 Å². The average Bonchev–Trinajstić information content (AvgIpc) is 2.63. The number of benzene rings is 2. The van der Waals surface area contributed by atoms with E-state index >= 15 is 0 Å². The molecule has 0 bridgehead atoms. The summed E-state index contributed by atoms with van der Waals surface area (Å²) < 4.78 is 11.5. The van der Waals surface area contributed by atoms with Crippen LogP contribution in [0.3, 0.4) is 0 Å². The van der Waals surface area contributed by atoms with Crippen LogP contribution in [0.1, 0.15) is 24.9 Å². The Balaban J connectivity index is 1.96. The number of hydrogen-bond donors (Lipinski definition) is 2. The fourth-order valence-electron chi connectivity index (χ4n) is 2.51. The lowest BCUT2D eigenvalue weighted by molar-refractivity contribution is -0.115. The lowest BCUT2D eigenvalue weighted by Gasteiger charge is -2.18. The molecule has 25 heavy (non-hydrogen) atoms. The highest BCUT2D eigenvalue weighted by Crippen LogP contribution is 2.29. The Morgan fingerprint density at radius 3 is 2.44 bits per heavy atom. The molecule has 2 rings (SSSR count). The van der Waals surface area contributed by atoms with Crippen LogP contribution in [-0.4, -0.2) is 26.7 Å². The van der Waals surface area contributed by atoms with E-state index in [0.29, 0.717) is 17.2 Å². The summed E-state index contributed by atoms with van der Waals surface area (Å²) in [6.07, 6.45) is 0.890. The summed E-state index contributed by atoms with van der Waals surface area (Å²) in [6, 6.07) is 13.5. The minimum atomic E-state index is -0.126. The third-order valence-corrected chi connectivity index (χ3v) is 4.40. The molecule has 0 unspecified atom stereocenters. The van der Waals surface area contributed by atoms with Gasteiger partial charge in [0, 0.05) is 16.6 Å². The van der Waals surface area contributed by atoms with Crippen LogP contribution in [0.25, 0.3) is 0 Å². The molecule has 6 heteroatoms. The van der Waals surface area contributed by atoms with Crippen LogP contribution in [0.4, 0.5) is 5.69 Å². The van der Waals surface area contributed by atoms with Gasteiger partial charge in [-0.3, -0.25) is 4.79 Å². The van der Waals surface area contributed by atoms with Crippen molar-refractivity contribution in [2.45, 2.75) is 19.4 Å². The molecule has 0 aliphatic carbocycles. The lowest BCUT2D eigenvalue weighted by atomic mass is 10.0. The van der Waals surface area contributed by atoms with Crippen molar-refractivity contribution in [1.82, 2.24) is 5.32 Å². The van der Waals surface area contributed by atoms with Crippen molar-refractivity contribution in [3.05, 3.63) is 52.5 Å². The van der Waals surface area contributed by atoms with E-state index in [1.54, 1.807) is 32.4 Å². The first-order chi connectivity index (χ1) is 12.1. The van der Waals surface area contributed by atoms with Gasteiger partial charge in [0.15, 0.2) is 0 Å². The van der Waals surface area contributed by atoms with Gasteiger partial charge in [-0.05, 0) is 36.2 Å². The lowest BCUT2D eigenvalue weighted by Crippen LogP contribution is -2.31. The summed E-state index contributed by atoms with van der Waals surface area (Å²) in [5.74, 6) is 1.11. The maximum absolute atomic E-state index is 12.3. The summed E-state index contributed by atoms with van der Waals surface area (Å²) in [5, 5.41) is 6.16. The van der Waals surface area contributed by atoms with Gasteiger partial charge >= 0.3 is 0 Å². The van der Waals surface area contributed by atoms with Crippen molar-refractivity contribution in [2.24, 2.45) is 0 Å². The van der Waals surface area contributed by atoms with Gasteiger partial charge in [-0.1, -0.05) is 35.0 Å².